The van der Waals surface area contributed by atoms with Crippen molar-refractivity contribution in [2.75, 3.05) is 6.54 Å². The molecule has 0 aromatic heterocycles. The van der Waals surface area contributed by atoms with Crippen LogP contribution in [0.2, 0.25) is 0 Å². The zero-order valence-electron chi connectivity index (χ0n) is 21.3. The predicted molar refractivity (Wildman–Crippen MR) is 141 cm³/mol. The molecule has 0 unspecified atom stereocenters. The molecule has 1 heterocycles. The summed E-state index contributed by atoms with van der Waals surface area (Å²) in [6.45, 7) is 4.30. The molecule has 1 aliphatic rings. The average Bonchev–Trinajstić information content (AvgIpc) is 3.38. The molecule has 0 spiro atoms. The van der Waals surface area contributed by atoms with Gasteiger partial charge in [0.05, 0.1) is 0 Å². The fourth-order valence-electron chi connectivity index (χ4n) is 4.42. The van der Waals surface area contributed by atoms with Gasteiger partial charge in [-0.15, -0.1) is 0 Å². The Morgan fingerprint density at radius 3 is 2.24 bits per heavy atom. The van der Waals surface area contributed by atoms with E-state index < -0.39 is 35.9 Å². The van der Waals surface area contributed by atoms with Gasteiger partial charge in [0, 0.05) is 19.0 Å². The molecule has 3 amide bonds. The molecule has 0 saturated carbocycles. The highest BCUT2D eigenvalue weighted by molar-refractivity contribution is 5.97. The quantitative estimate of drug-likeness (QED) is 0.406. The third-order valence-corrected chi connectivity index (χ3v) is 6.29. The fraction of sp³-hybridized carbons (Fsp3) is 0.379. The van der Waals surface area contributed by atoms with E-state index in [0.717, 1.165) is 11.1 Å². The van der Waals surface area contributed by atoms with Crippen molar-refractivity contribution in [3.8, 4) is 0 Å². The first-order valence-corrected chi connectivity index (χ1v) is 12.7. The van der Waals surface area contributed by atoms with E-state index in [9.17, 15) is 24.3 Å². The summed E-state index contributed by atoms with van der Waals surface area (Å²) in [5.74, 6) is -2.30. The molecule has 8 heteroatoms. The maximum Gasteiger partial charge on any atom is 0.326 e. The normalized spacial score (nSPS) is 16.9. The van der Waals surface area contributed by atoms with Crippen LogP contribution in [-0.4, -0.2) is 58.4 Å². The van der Waals surface area contributed by atoms with E-state index >= 15 is 0 Å². The van der Waals surface area contributed by atoms with Gasteiger partial charge < -0.3 is 20.6 Å². The van der Waals surface area contributed by atoms with Crippen molar-refractivity contribution in [2.45, 2.75) is 57.7 Å². The molecule has 8 nitrogen and oxygen atoms in total. The zero-order valence-corrected chi connectivity index (χ0v) is 21.3. The van der Waals surface area contributed by atoms with Crippen LogP contribution in [0.25, 0.3) is 6.08 Å². The van der Waals surface area contributed by atoms with Gasteiger partial charge in [-0.2, -0.15) is 0 Å². The van der Waals surface area contributed by atoms with Gasteiger partial charge in [0.15, 0.2) is 0 Å². The number of aliphatic carboxylic acids is 1. The molecule has 1 saturated heterocycles. The van der Waals surface area contributed by atoms with Gasteiger partial charge in [-0.05, 0) is 42.4 Å². The van der Waals surface area contributed by atoms with Crippen LogP contribution in [0, 0.1) is 5.92 Å². The molecular weight excluding hydrogens is 470 g/mol. The first-order valence-electron chi connectivity index (χ1n) is 12.7. The molecule has 1 aliphatic heterocycles. The van der Waals surface area contributed by atoms with Crippen molar-refractivity contribution in [3.05, 3.63) is 77.9 Å². The van der Waals surface area contributed by atoms with Gasteiger partial charge in [0.25, 0.3) is 0 Å². The highest BCUT2D eigenvalue weighted by Gasteiger charge is 2.36. The topological polar surface area (TPSA) is 116 Å². The molecule has 3 rings (SSSR count). The molecule has 2 aromatic carbocycles. The van der Waals surface area contributed by atoms with Gasteiger partial charge >= 0.3 is 5.97 Å². The summed E-state index contributed by atoms with van der Waals surface area (Å²) in [5, 5.41) is 15.1. The lowest BCUT2D eigenvalue weighted by Gasteiger charge is -2.27. The minimum absolute atomic E-state index is 0.0728. The molecule has 1 fully saturated rings. The maximum absolute atomic E-state index is 13.2. The summed E-state index contributed by atoms with van der Waals surface area (Å²) in [6, 6.07) is 15.7. The minimum atomic E-state index is -1.15. The lowest BCUT2D eigenvalue weighted by molar-refractivity contribution is -0.142. The number of amides is 3. The van der Waals surface area contributed by atoms with Crippen molar-refractivity contribution in [1.29, 1.82) is 0 Å². The number of hydrogen-bond acceptors (Lipinski definition) is 4. The number of benzene rings is 2. The van der Waals surface area contributed by atoms with Crippen LogP contribution < -0.4 is 10.6 Å². The van der Waals surface area contributed by atoms with E-state index in [4.69, 9.17) is 0 Å². The lowest BCUT2D eigenvalue weighted by Crippen LogP contribution is -2.55. The van der Waals surface area contributed by atoms with Gasteiger partial charge in [-0.25, -0.2) is 4.79 Å². The van der Waals surface area contributed by atoms with E-state index in [-0.39, 0.29) is 18.2 Å². The third kappa shape index (κ3) is 8.31. The third-order valence-electron chi connectivity index (χ3n) is 6.29. The second-order valence-electron chi connectivity index (χ2n) is 9.71. The Kier molecular flexibility index (Phi) is 10.0. The molecule has 196 valence electrons. The molecule has 3 N–H and O–H groups in total. The molecule has 0 aliphatic carbocycles. The summed E-state index contributed by atoms with van der Waals surface area (Å²) in [4.78, 5) is 52.6. The summed E-state index contributed by atoms with van der Waals surface area (Å²) >= 11 is 0. The number of rotatable bonds is 11. The Hall–Kier alpha value is -3.94. The van der Waals surface area contributed by atoms with Crippen LogP contribution in [0.3, 0.4) is 0 Å². The van der Waals surface area contributed by atoms with Gasteiger partial charge in [0.2, 0.25) is 17.7 Å². The highest BCUT2D eigenvalue weighted by atomic mass is 16.4. The Labute approximate surface area is 217 Å². The zero-order chi connectivity index (χ0) is 26.8. The first-order chi connectivity index (χ1) is 17.7. The van der Waals surface area contributed by atoms with Crippen molar-refractivity contribution >= 4 is 29.8 Å². The number of hydrogen-bond donors (Lipinski definition) is 3. The smallest absolute Gasteiger partial charge is 0.326 e. The number of nitrogens with zero attached hydrogens (tertiary/aromatic N) is 1. The molecular formula is C29H35N3O5. The molecule has 2 aromatic rings. The first kappa shape index (κ1) is 27.6. The van der Waals surface area contributed by atoms with Crippen LogP contribution in [0.15, 0.2) is 66.7 Å². The van der Waals surface area contributed by atoms with Crippen LogP contribution in [0.4, 0.5) is 0 Å². The number of carbonyl (C=O) groups is 4. The maximum atomic E-state index is 13.2. The Morgan fingerprint density at radius 2 is 1.62 bits per heavy atom. The second kappa shape index (κ2) is 13.4. The van der Waals surface area contributed by atoms with Gasteiger partial charge in [-0.1, -0.05) is 74.5 Å². The highest BCUT2D eigenvalue weighted by Crippen LogP contribution is 2.19. The molecule has 3 atom stereocenters. The van der Waals surface area contributed by atoms with Crippen molar-refractivity contribution in [3.63, 3.8) is 0 Å². The lowest BCUT2D eigenvalue weighted by atomic mass is 10.0. The predicted octanol–water partition coefficient (Wildman–Crippen LogP) is 3.03. The second-order valence-corrected chi connectivity index (χ2v) is 9.71. The van der Waals surface area contributed by atoms with Gasteiger partial charge in [-0.3, -0.25) is 14.4 Å². The Morgan fingerprint density at radius 1 is 0.973 bits per heavy atom. The van der Waals surface area contributed by atoms with Crippen molar-refractivity contribution in [1.82, 2.24) is 15.5 Å². The Bertz CT molecular complexity index is 1100. The summed E-state index contributed by atoms with van der Waals surface area (Å²) < 4.78 is 0. The molecule has 37 heavy (non-hydrogen) atoms. The number of nitrogens with one attached hydrogen (secondary N) is 2. The van der Waals surface area contributed by atoms with Gasteiger partial charge in [0.1, 0.15) is 18.1 Å². The number of carbonyl (C=O) groups excluding carboxylic acids is 3. The monoisotopic (exact) mass is 505 g/mol. The average molecular weight is 506 g/mol. The number of carboxylic acid groups (broad SMARTS) is 1. The minimum Gasteiger partial charge on any atom is -0.480 e. The van der Waals surface area contributed by atoms with Crippen molar-refractivity contribution in [2.24, 2.45) is 5.92 Å². The van der Waals surface area contributed by atoms with Crippen LogP contribution >= 0.6 is 0 Å². The number of likely N-dealkylation sites (tertiary alicyclic amines) is 1. The largest absolute Gasteiger partial charge is 0.480 e. The van der Waals surface area contributed by atoms with Crippen LogP contribution in [0.5, 0.6) is 0 Å². The van der Waals surface area contributed by atoms with Crippen LogP contribution in [-0.2, 0) is 25.6 Å². The molecule has 0 bridgehead atoms. The van der Waals surface area contributed by atoms with Crippen molar-refractivity contribution < 1.29 is 24.3 Å². The van der Waals surface area contributed by atoms with E-state index in [1.165, 1.54) is 11.0 Å². The van der Waals surface area contributed by atoms with E-state index in [2.05, 4.69) is 10.6 Å². The van der Waals surface area contributed by atoms with Crippen LogP contribution in [0.1, 0.15) is 44.2 Å². The summed E-state index contributed by atoms with van der Waals surface area (Å²) in [5.41, 5.74) is 1.66. The standard InChI is InChI=1S/C29H35N3O5/c1-20(2)18-23(27(34)31-24(29(36)37)19-22-12-7-4-8-13-22)30-28(35)25-14-9-17-32(25)26(33)16-15-21-10-5-3-6-11-21/h3-8,10-13,15-16,20,23-25H,9,14,17-19H2,1-2H3,(H,30,35)(H,31,34)(H,36,37)/b16-15+/t23-,24-,25-/m0/s1. The summed E-state index contributed by atoms with van der Waals surface area (Å²) in [6.07, 6.45) is 4.82. The van der Waals surface area contributed by atoms with E-state index in [1.807, 2.05) is 62.4 Å². The fourth-order valence-corrected chi connectivity index (χ4v) is 4.42. The number of carboxylic acids is 1. The SMILES string of the molecule is CC(C)C[C@H](NC(=O)[C@@H]1CCCN1C(=O)/C=C/c1ccccc1)C(=O)N[C@@H](Cc1ccccc1)C(=O)O. The van der Waals surface area contributed by atoms with E-state index in [0.29, 0.717) is 25.8 Å². The molecule has 0 radical (unpaired) electrons. The summed E-state index contributed by atoms with van der Waals surface area (Å²) in [7, 11) is 0. The Balaban J connectivity index is 1.67. The van der Waals surface area contributed by atoms with E-state index in [1.54, 1.807) is 18.2 Å².